The van der Waals surface area contributed by atoms with Gasteiger partial charge in [0.2, 0.25) is 0 Å². The fourth-order valence-corrected chi connectivity index (χ4v) is 8.81. The highest BCUT2D eigenvalue weighted by atomic mass is 16.3. The Bertz CT molecular complexity index is 3250. The number of aromatic nitrogens is 2. The molecule has 270 valence electrons. The number of benzene rings is 8. The van der Waals surface area contributed by atoms with Crippen LogP contribution in [0.1, 0.15) is 25.0 Å². The predicted octanol–water partition coefficient (Wildman–Crippen LogP) is 12.9. The lowest BCUT2D eigenvalue weighted by atomic mass is 9.99. The van der Waals surface area contributed by atoms with E-state index in [4.69, 9.17) is 18.8 Å². The van der Waals surface area contributed by atoms with Gasteiger partial charge in [0.1, 0.15) is 33.2 Å². The van der Waals surface area contributed by atoms with Crippen LogP contribution in [0.2, 0.25) is 0 Å². The number of anilines is 2. The van der Waals surface area contributed by atoms with E-state index in [1.807, 2.05) is 0 Å². The lowest BCUT2D eigenvalue weighted by molar-refractivity contribution is 0.669. The van der Waals surface area contributed by atoms with Gasteiger partial charge in [-0.1, -0.05) is 109 Å². The minimum atomic E-state index is 0.732. The van der Waals surface area contributed by atoms with E-state index in [1.54, 1.807) is 0 Å². The molecule has 0 spiro atoms. The summed E-state index contributed by atoms with van der Waals surface area (Å²) in [5, 5.41) is 8.54. The number of hydrogen-bond donors (Lipinski definition) is 0. The van der Waals surface area contributed by atoms with E-state index in [1.165, 1.54) is 11.1 Å². The molecular weight excluding hydrogens is 689 g/mol. The van der Waals surface area contributed by atoms with Crippen LogP contribution in [0.4, 0.5) is 11.4 Å². The largest absolute Gasteiger partial charge is 0.454 e. The summed E-state index contributed by atoms with van der Waals surface area (Å²) in [5.41, 5.74) is 11.0. The first kappa shape index (κ1) is 32.5. The lowest BCUT2D eigenvalue weighted by Gasteiger charge is -2.25. The quantitative estimate of drug-likeness (QED) is 0.115. The highest BCUT2D eigenvalue weighted by molar-refractivity contribution is 6.33. The molecule has 0 bridgehead atoms. The molecule has 0 radical (unpaired) electrons. The first-order chi connectivity index (χ1) is 27.7. The smallest absolute Gasteiger partial charge is 0.163 e. The van der Waals surface area contributed by atoms with E-state index in [-0.39, 0.29) is 0 Å². The molecule has 0 aliphatic heterocycles. The minimum absolute atomic E-state index is 0.732. The first-order valence-corrected chi connectivity index (χ1v) is 19.5. The first-order valence-electron chi connectivity index (χ1n) is 19.5. The molecule has 3 heterocycles. The molecule has 0 atom stereocenters. The maximum atomic E-state index is 6.97. The Labute approximate surface area is 323 Å². The predicted molar refractivity (Wildman–Crippen MR) is 233 cm³/mol. The number of rotatable bonds is 8. The van der Waals surface area contributed by atoms with E-state index in [0.29, 0.717) is 0 Å². The normalized spacial score (nSPS) is 12.0. The van der Waals surface area contributed by atoms with Crippen molar-refractivity contribution in [3.05, 3.63) is 157 Å². The van der Waals surface area contributed by atoms with Gasteiger partial charge < -0.3 is 18.6 Å². The van der Waals surface area contributed by atoms with Crippen LogP contribution in [-0.2, 0) is 13.1 Å². The fourth-order valence-electron chi connectivity index (χ4n) is 8.81. The number of hydrogen-bond acceptors (Lipinski definition) is 6. The van der Waals surface area contributed by atoms with Crippen LogP contribution in [0.15, 0.2) is 154 Å². The molecule has 0 unspecified atom stereocenters. The molecule has 0 aliphatic carbocycles. The number of furan rings is 2. The van der Waals surface area contributed by atoms with Crippen molar-refractivity contribution in [3.8, 4) is 0 Å². The van der Waals surface area contributed by atoms with Gasteiger partial charge in [0.05, 0.1) is 0 Å². The van der Waals surface area contributed by atoms with Gasteiger partial charge in [-0.15, -0.1) is 0 Å². The Balaban J connectivity index is 1.18. The van der Waals surface area contributed by atoms with E-state index >= 15 is 0 Å². The molecule has 0 amide bonds. The van der Waals surface area contributed by atoms with Crippen molar-refractivity contribution in [2.45, 2.75) is 26.9 Å². The second kappa shape index (κ2) is 12.8. The van der Waals surface area contributed by atoms with Crippen LogP contribution in [0, 0.1) is 0 Å². The Morgan fingerprint density at radius 1 is 0.411 bits per heavy atom. The van der Waals surface area contributed by atoms with E-state index in [2.05, 4.69) is 169 Å². The Kier molecular flexibility index (Phi) is 7.46. The summed E-state index contributed by atoms with van der Waals surface area (Å²) in [7, 11) is 0. The van der Waals surface area contributed by atoms with Gasteiger partial charge in [-0.3, -0.25) is 0 Å². The maximum absolute atomic E-state index is 6.97. The molecular formula is C50H38N4O2. The average molecular weight is 727 g/mol. The Morgan fingerprint density at radius 2 is 0.821 bits per heavy atom. The van der Waals surface area contributed by atoms with Crippen molar-refractivity contribution >= 4 is 98.9 Å². The molecule has 0 saturated heterocycles. The summed E-state index contributed by atoms with van der Waals surface area (Å²) in [6.45, 7) is 7.75. The monoisotopic (exact) mass is 726 g/mol. The van der Waals surface area contributed by atoms with Gasteiger partial charge in [-0.05, 0) is 60.0 Å². The van der Waals surface area contributed by atoms with E-state index in [0.717, 1.165) is 125 Å². The van der Waals surface area contributed by atoms with Crippen LogP contribution in [0.3, 0.4) is 0 Å². The number of fused-ring (bicyclic) bond motifs is 16. The highest BCUT2D eigenvalue weighted by Crippen LogP contribution is 2.45. The van der Waals surface area contributed by atoms with Gasteiger partial charge in [0.25, 0.3) is 0 Å². The van der Waals surface area contributed by atoms with Crippen LogP contribution < -0.4 is 9.80 Å². The third-order valence-corrected chi connectivity index (χ3v) is 11.5. The zero-order valence-corrected chi connectivity index (χ0v) is 31.3. The zero-order valence-electron chi connectivity index (χ0n) is 31.3. The number of nitrogens with zero attached hydrogens (tertiary/aromatic N) is 4. The zero-order chi connectivity index (χ0) is 37.3. The van der Waals surface area contributed by atoms with Crippen molar-refractivity contribution in [2.24, 2.45) is 0 Å². The van der Waals surface area contributed by atoms with Crippen LogP contribution >= 0.6 is 0 Å². The van der Waals surface area contributed by atoms with Gasteiger partial charge in [-0.2, -0.15) is 0 Å². The second-order valence-corrected chi connectivity index (χ2v) is 14.7. The second-order valence-electron chi connectivity index (χ2n) is 14.7. The molecule has 6 heteroatoms. The lowest BCUT2D eigenvalue weighted by Crippen LogP contribution is -2.22. The van der Waals surface area contributed by atoms with Crippen molar-refractivity contribution in [1.82, 2.24) is 9.97 Å². The summed E-state index contributed by atoms with van der Waals surface area (Å²) in [6.07, 6.45) is 0. The molecule has 6 nitrogen and oxygen atoms in total. The highest BCUT2D eigenvalue weighted by Gasteiger charge is 2.23. The molecule has 8 aromatic carbocycles. The van der Waals surface area contributed by atoms with Crippen molar-refractivity contribution in [2.75, 3.05) is 22.9 Å². The summed E-state index contributed by atoms with van der Waals surface area (Å²) in [6, 6.07) is 51.5. The fraction of sp³-hybridized carbons (Fsp3) is 0.120. The minimum Gasteiger partial charge on any atom is -0.454 e. The molecule has 11 rings (SSSR count). The van der Waals surface area contributed by atoms with E-state index < -0.39 is 0 Å². The van der Waals surface area contributed by atoms with Crippen molar-refractivity contribution in [1.29, 1.82) is 0 Å². The summed E-state index contributed by atoms with van der Waals surface area (Å²) in [4.78, 5) is 15.8. The van der Waals surface area contributed by atoms with Crippen LogP contribution in [0.25, 0.3) is 87.5 Å². The molecule has 0 fully saturated rings. The molecule has 0 aliphatic rings. The molecule has 0 N–H and O–H groups in total. The van der Waals surface area contributed by atoms with Crippen molar-refractivity contribution in [3.63, 3.8) is 0 Å². The molecule has 3 aromatic heterocycles. The van der Waals surface area contributed by atoms with Gasteiger partial charge in [0.15, 0.2) is 11.2 Å². The van der Waals surface area contributed by atoms with Crippen molar-refractivity contribution < 1.29 is 8.83 Å². The SMILES string of the molecule is CCN(CC)c1ccc2c(c1)oc1c3nc4c(nc3c3ccccc3c21)c1ccccc1c1c2ccc(N(Cc3ccccc3)Cc3ccccc3)cc2oc41. The average Bonchev–Trinajstić information content (AvgIpc) is 3.84. The van der Waals surface area contributed by atoms with E-state index in [9.17, 15) is 0 Å². The summed E-state index contributed by atoms with van der Waals surface area (Å²) < 4.78 is 13.8. The molecule has 11 aromatic rings. The topological polar surface area (TPSA) is 58.5 Å². The summed E-state index contributed by atoms with van der Waals surface area (Å²) in [5.74, 6) is 0. The molecule has 56 heavy (non-hydrogen) atoms. The molecule has 0 saturated carbocycles. The van der Waals surface area contributed by atoms with Gasteiger partial charge in [0, 0.05) is 82.0 Å². The Morgan fingerprint density at radius 3 is 1.29 bits per heavy atom. The standard InChI is InChI=1S/C50H38N4O2/c1-3-53(4-2)33-23-25-39-41(27-33)55-49-43(39)35-19-11-13-21-37(35)45-47(49)52-48-46(51-45)38-22-14-12-20-36(38)44-40-26-24-34(28-42(40)56-50(44)48)54(29-31-15-7-5-8-16-31)30-32-17-9-6-10-18-32/h5-28H,3-4,29-30H2,1-2H3. The third kappa shape index (κ3) is 5.02. The van der Waals surface area contributed by atoms with Crippen LogP contribution in [0.5, 0.6) is 0 Å². The Hall–Kier alpha value is -6.92. The third-order valence-electron chi connectivity index (χ3n) is 11.5. The maximum Gasteiger partial charge on any atom is 0.163 e. The van der Waals surface area contributed by atoms with Crippen LogP contribution in [-0.4, -0.2) is 23.1 Å². The summed E-state index contributed by atoms with van der Waals surface area (Å²) >= 11 is 0. The van der Waals surface area contributed by atoms with Gasteiger partial charge in [-0.25, -0.2) is 9.97 Å². The van der Waals surface area contributed by atoms with Gasteiger partial charge >= 0.3 is 0 Å².